The Morgan fingerprint density at radius 3 is 2.28 bits per heavy atom. The summed E-state index contributed by atoms with van der Waals surface area (Å²) < 4.78 is 0. The monoisotopic (exact) mass is 248 g/mol. The van der Waals surface area contributed by atoms with Crippen molar-refractivity contribution in [3.63, 3.8) is 0 Å². The molecule has 1 aromatic rings. The summed E-state index contributed by atoms with van der Waals surface area (Å²) >= 11 is 0. The van der Waals surface area contributed by atoms with Gasteiger partial charge in [-0.1, -0.05) is 43.7 Å². The van der Waals surface area contributed by atoms with E-state index >= 15 is 0 Å². The smallest absolute Gasteiger partial charge is 0.238 e. The van der Waals surface area contributed by atoms with E-state index < -0.39 is 6.04 Å². The molecule has 1 unspecified atom stereocenters. The fourth-order valence-electron chi connectivity index (χ4n) is 2.11. The van der Waals surface area contributed by atoms with Gasteiger partial charge in [-0.15, -0.1) is 0 Å². The number of hydrogen-bond donors (Lipinski definition) is 1. The molecule has 18 heavy (non-hydrogen) atoms. The Kier molecular flexibility index (Phi) is 4.52. The van der Waals surface area contributed by atoms with E-state index in [1.54, 1.807) is 11.8 Å². The standard InChI is InChI=1S/C15H24N2O/c1-11-6-8-13(9-7-11)15(3,4)10-17(5)14(18)12(2)16/h6-9,12H,10,16H2,1-5H3. The van der Waals surface area contributed by atoms with E-state index in [1.807, 2.05) is 7.05 Å². The molecule has 0 heterocycles. The highest BCUT2D eigenvalue weighted by Crippen LogP contribution is 2.24. The van der Waals surface area contributed by atoms with Crippen LogP contribution in [0, 0.1) is 6.92 Å². The molecule has 0 fully saturated rings. The molecular weight excluding hydrogens is 224 g/mol. The van der Waals surface area contributed by atoms with Crippen molar-refractivity contribution in [3.05, 3.63) is 35.4 Å². The molecule has 0 aliphatic heterocycles. The first-order chi connectivity index (χ1) is 8.24. The minimum atomic E-state index is -0.441. The Hall–Kier alpha value is -1.35. The molecule has 2 N–H and O–H groups in total. The Morgan fingerprint density at radius 1 is 1.33 bits per heavy atom. The third kappa shape index (κ3) is 3.57. The summed E-state index contributed by atoms with van der Waals surface area (Å²) in [5.41, 5.74) is 8.03. The lowest BCUT2D eigenvalue weighted by Gasteiger charge is -2.31. The van der Waals surface area contributed by atoms with Crippen molar-refractivity contribution >= 4 is 5.91 Å². The molecule has 0 bridgehead atoms. The summed E-state index contributed by atoms with van der Waals surface area (Å²) in [6.45, 7) is 8.74. The lowest BCUT2D eigenvalue weighted by atomic mass is 9.83. The summed E-state index contributed by atoms with van der Waals surface area (Å²) in [4.78, 5) is 13.5. The summed E-state index contributed by atoms with van der Waals surface area (Å²) in [6.07, 6.45) is 0. The number of benzene rings is 1. The highest BCUT2D eigenvalue weighted by Gasteiger charge is 2.25. The summed E-state index contributed by atoms with van der Waals surface area (Å²) in [7, 11) is 1.81. The molecule has 1 amide bonds. The highest BCUT2D eigenvalue weighted by molar-refractivity contribution is 5.81. The molecule has 1 aromatic carbocycles. The third-order valence-electron chi connectivity index (χ3n) is 3.23. The van der Waals surface area contributed by atoms with Crippen molar-refractivity contribution in [1.82, 2.24) is 4.90 Å². The molecule has 1 atom stereocenters. The van der Waals surface area contributed by atoms with Crippen LogP contribution in [0.2, 0.25) is 0 Å². The van der Waals surface area contributed by atoms with Gasteiger partial charge < -0.3 is 10.6 Å². The maximum atomic E-state index is 11.8. The largest absolute Gasteiger partial charge is 0.344 e. The topological polar surface area (TPSA) is 46.3 Å². The van der Waals surface area contributed by atoms with Gasteiger partial charge in [0.15, 0.2) is 0 Å². The minimum Gasteiger partial charge on any atom is -0.344 e. The van der Waals surface area contributed by atoms with Gasteiger partial charge in [-0.25, -0.2) is 0 Å². The Bertz CT molecular complexity index is 407. The number of likely N-dealkylation sites (N-methyl/N-ethyl adjacent to an activating group) is 1. The van der Waals surface area contributed by atoms with Crippen LogP contribution in [0.15, 0.2) is 24.3 Å². The quantitative estimate of drug-likeness (QED) is 0.886. The van der Waals surface area contributed by atoms with Gasteiger partial charge in [0.2, 0.25) is 5.91 Å². The number of carbonyl (C=O) groups excluding carboxylic acids is 1. The van der Waals surface area contributed by atoms with E-state index in [4.69, 9.17) is 5.73 Å². The van der Waals surface area contributed by atoms with Gasteiger partial charge in [-0.2, -0.15) is 0 Å². The molecule has 0 aromatic heterocycles. The van der Waals surface area contributed by atoms with Gasteiger partial charge in [-0.3, -0.25) is 4.79 Å². The van der Waals surface area contributed by atoms with Gasteiger partial charge in [0.05, 0.1) is 6.04 Å². The number of rotatable bonds is 4. The Balaban J connectivity index is 2.81. The van der Waals surface area contributed by atoms with Crippen molar-refractivity contribution in [3.8, 4) is 0 Å². The van der Waals surface area contributed by atoms with Crippen molar-refractivity contribution in [2.24, 2.45) is 5.73 Å². The van der Waals surface area contributed by atoms with E-state index in [2.05, 4.69) is 45.0 Å². The molecule has 1 rings (SSSR count). The van der Waals surface area contributed by atoms with E-state index in [-0.39, 0.29) is 11.3 Å². The van der Waals surface area contributed by atoms with Crippen LogP contribution in [0.3, 0.4) is 0 Å². The van der Waals surface area contributed by atoms with Gasteiger partial charge >= 0.3 is 0 Å². The normalized spacial score (nSPS) is 13.2. The lowest BCUT2D eigenvalue weighted by molar-refractivity contribution is -0.131. The number of amides is 1. The zero-order valence-electron chi connectivity index (χ0n) is 12.0. The molecule has 0 radical (unpaired) electrons. The molecule has 0 saturated heterocycles. The van der Waals surface area contributed by atoms with E-state index in [0.29, 0.717) is 6.54 Å². The lowest BCUT2D eigenvalue weighted by Crippen LogP contribution is -2.45. The zero-order valence-corrected chi connectivity index (χ0v) is 12.0. The summed E-state index contributed by atoms with van der Waals surface area (Å²) in [6, 6.07) is 8.01. The van der Waals surface area contributed by atoms with Gasteiger partial charge in [0.1, 0.15) is 0 Å². The van der Waals surface area contributed by atoms with E-state index in [1.165, 1.54) is 11.1 Å². The number of nitrogens with two attached hydrogens (primary N) is 1. The Morgan fingerprint density at radius 2 is 1.83 bits per heavy atom. The maximum absolute atomic E-state index is 11.8. The number of aryl methyl sites for hydroxylation is 1. The van der Waals surface area contributed by atoms with E-state index in [0.717, 1.165) is 0 Å². The first-order valence-corrected chi connectivity index (χ1v) is 6.32. The first-order valence-electron chi connectivity index (χ1n) is 6.32. The second kappa shape index (κ2) is 5.53. The molecule has 3 nitrogen and oxygen atoms in total. The average Bonchev–Trinajstić information content (AvgIpc) is 2.27. The molecule has 0 saturated carbocycles. The summed E-state index contributed by atoms with van der Waals surface area (Å²) in [5.74, 6) is -0.0183. The third-order valence-corrected chi connectivity index (χ3v) is 3.23. The SMILES string of the molecule is Cc1ccc(C(C)(C)CN(C)C(=O)C(C)N)cc1. The number of nitrogens with zero attached hydrogens (tertiary/aromatic N) is 1. The van der Waals surface area contributed by atoms with Crippen molar-refractivity contribution in [2.75, 3.05) is 13.6 Å². The van der Waals surface area contributed by atoms with Crippen LogP contribution >= 0.6 is 0 Å². The van der Waals surface area contributed by atoms with Crippen molar-refractivity contribution in [1.29, 1.82) is 0 Å². The van der Waals surface area contributed by atoms with Crippen LogP contribution in [-0.4, -0.2) is 30.4 Å². The molecule has 100 valence electrons. The zero-order chi connectivity index (χ0) is 13.9. The van der Waals surface area contributed by atoms with Crippen LogP contribution in [0.4, 0.5) is 0 Å². The fraction of sp³-hybridized carbons (Fsp3) is 0.533. The predicted molar refractivity (Wildman–Crippen MR) is 75.5 cm³/mol. The first kappa shape index (κ1) is 14.7. The molecular formula is C15H24N2O. The van der Waals surface area contributed by atoms with Crippen LogP contribution in [-0.2, 0) is 10.2 Å². The van der Waals surface area contributed by atoms with Crippen LogP contribution in [0.1, 0.15) is 31.9 Å². The molecule has 0 spiro atoms. The average molecular weight is 248 g/mol. The second-order valence-corrected chi connectivity index (χ2v) is 5.73. The fourth-order valence-corrected chi connectivity index (χ4v) is 2.11. The number of hydrogen-bond acceptors (Lipinski definition) is 2. The van der Waals surface area contributed by atoms with E-state index in [9.17, 15) is 4.79 Å². The van der Waals surface area contributed by atoms with Gasteiger partial charge in [0, 0.05) is 19.0 Å². The number of carbonyl (C=O) groups is 1. The van der Waals surface area contributed by atoms with Gasteiger partial charge in [-0.05, 0) is 19.4 Å². The molecule has 0 aliphatic rings. The Labute approximate surface area is 110 Å². The molecule has 0 aliphatic carbocycles. The van der Waals surface area contributed by atoms with Crippen molar-refractivity contribution < 1.29 is 4.79 Å². The molecule has 3 heteroatoms. The van der Waals surface area contributed by atoms with Crippen LogP contribution in [0.25, 0.3) is 0 Å². The minimum absolute atomic E-state index is 0.0183. The maximum Gasteiger partial charge on any atom is 0.238 e. The summed E-state index contributed by atoms with van der Waals surface area (Å²) in [5, 5.41) is 0. The highest BCUT2D eigenvalue weighted by atomic mass is 16.2. The van der Waals surface area contributed by atoms with Crippen LogP contribution < -0.4 is 5.73 Å². The van der Waals surface area contributed by atoms with Crippen LogP contribution in [0.5, 0.6) is 0 Å². The van der Waals surface area contributed by atoms with Gasteiger partial charge in [0.25, 0.3) is 0 Å². The second-order valence-electron chi connectivity index (χ2n) is 5.73. The predicted octanol–water partition coefficient (Wildman–Crippen LogP) is 2.08. The van der Waals surface area contributed by atoms with Crippen molar-refractivity contribution in [2.45, 2.75) is 39.2 Å².